The second-order valence-electron chi connectivity index (χ2n) is 11.1. The smallest absolute Gasteiger partial charge is 0.427 e. The normalized spacial score (nSPS) is 17.8. The van der Waals surface area contributed by atoms with E-state index in [1.54, 1.807) is 6.92 Å². The molecule has 0 spiro atoms. The molecule has 0 radical (unpaired) electrons. The van der Waals surface area contributed by atoms with E-state index in [-0.39, 0.29) is 46.4 Å². The molecule has 16 heteroatoms. The number of halogens is 4. The van der Waals surface area contributed by atoms with Crippen LogP contribution in [0, 0.1) is 5.41 Å². The van der Waals surface area contributed by atoms with Crippen molar-refractivity contribution in [3.8, 4) is 5.75 Å². The third-order valence-corrected chi connectivity index (χ3v) is 9.19. The predicted octanol–water partition coefficient (Wildman–Crippen LogP) is 4.66. The number of aryl methyl sites for hydroxylation is 1. The summed E-state index contributed by atoms with van der Waals surface area (Å²) in [4.78, 5) is 28.5. The summed E-state index contributed by atoms with van der Waals surface area (Å²) in [7, 11) is -4.34. The van der Waals surface area contributed by atoms with Crippen molar-refractivity contribution in [3.63, 3.8) is 0 Å². The van der Waals surface area contributed by atoms with Crippen molar-refractivity contribution in [2.75, 3.05) is 10.8 Å². The van der Waals surface area contributed by atoms with Gasteiger partial charge in [0, 0.05) is 18.2 Å². The van der Waals surface area contributed by atoms with E-state index < -0.39 is 51.7 Å². The molecule has 0 unspecified atom stereocenters. The molecule has 1 aromatic heterocycles. The fourth-order valence-corrected chi connectivity index (χ4v) is 6.49. The number of fused-ring (bicyclic) bond motifs is 1. The number of benzene rings is 1. The molecule has 0 N–H and O–H groups in total. The Morgan fingerprint density at radius 1 is 1.21 bits per heavy atom. The van der Waals surface area contributed by atoms with Crippen LogP contribution in [0.1, 0.15) is 53.0 Å². The lowest BCUT2D eigenvalue weighted by Gasteiger charge is -2.38. The summed E-state index contributed by atoms with van der Waals surface area (Å²) in [5.74, 6) is -1.49. The highest BCUT2D eigenvalue weighted by molar-refractivity contribution is 7.93. The first-order valence-corrected chi connectivity index (χ1v) is 14.8. The van der Waals surface area contributed by atoms with Crippen molar-refractivity contribution >= 4 is 45.0 Å². The molecule has 2 aliphatic heterocycles. The molecular formula is C26H30ClF3N4O7S. The van der Waals surface area contributed by atoms with E-state index in [0.717, 1.165) is 18.2 Å². The number of hydrogen-bond donors (Lipinski definition) is 0. The Bertz CT molecular complexity index is 1540. The number of carbonyl (C=O) groups is 2. The van der Waals surface area contributed by atoms with Gasteiger partial charge in [0.05, 0.1) is 30.8 Å². The van der Waals surface area contributed by atoms with Crippen molar-refractivity contribution in [3.05, 3.63) is 35.1 Å². The summed E-state index contributed by atoms with van der Waals surface area (Å²) >= 11 is 6.21. The van der Waals surface area contributed by atoms with Crippen LogP contribution < -0.4 is 9.04 Å². The van der Waals surface area contributed by atoms with Crippen LogP contribution in [-0.2, 0) is 42.2 Å². The van der Waals surface area contributed by atoms with E-state index in [1.807, 2.05) is 13.8 Å². The molecule has 3 heterocycles. The first kappa shape index (κ1) is 31.6. The third-order valence-electron chi connectivity index (χ3n) is 7.02. The summed E-state index contributed by atoms with van der Waals surface area (Å²) < 4.78 is 80.8. The van der Waals surface area contributed by atoms with Crippen LogP contribution in [-0.4, -0.2) is 60.3 Å². The van der Waals surface area contributed by atoms with Crippen LogP contribution in [0.2, 0.25) is 5.15 Å². The third kappa shape index (κ3) is 6.36. The Balaban J connectivity index is 1.69. The lowest BCUT2D eigenvalue weighted by Crippen LogP contribution is -2.46. The first-order valence-electron chi connectivity index (χ1n) is 12.9. The molecule has 0 aliphatic carbocycles. The summed E-state index contributed by atoms with van der Waals surface area (Å²) in [5.41, 5.74) is -2.68. The molecule has 2 aromatic rings. The molecular weight excluding hydrogens is 605 g/mol. The largest absolute Gasteiger partial charge is 0.486 e. The van der Waals surface area contributed by atoms with Gasteiger partial charge in [-0.25, -0.2) is 13.2 Å². The first-order chi connectivity index (χ1) is 19.3. The number of ether oxygens (including phenoxy) is 2. The average molecular weight is 635 g/mol. The highest BCUT2D eigenvalue weighted by atomic mass is 35.5. The molecule has 0 saturated heterocycles. The van der Waals surface area contributed by atoms with Crippen LogP contribution >= 0.6 is 11.6 Å². The summed E-state index contributed by atoms with van der Waals surface area (Å²) in [6.07, 6.45) is -4.53. The molecule has 42 heavy (non-hydrogen) atoms. The maximum Gasteiger partial charge on any atom is 0.427 e. The fraction of sp³-hybridized carbons (Fsp3) is 0.538. The van der Waals surface area contributed by atoms with Gasteiger partial charge in [0.1, 0.15) is 16.7 Å². The average Bonchev–Trinajstić information content (AvgIpc) is 3.48. The number of sulfonamides is 1. The lowest BCUT2D eigenvalue weighted by atomic mass is 9.80. The molecule has 0 fully saturated rings. The van der Waals surface area contributed by atoms with E-state index in [1.165, 1.54) is 29.1 Å². The van der Waals surface area contributed by atoms with E-state index >= 15 is 0 Å². The maximum atomic E-state index is 14.0. The second-order valence-corrected chi connectivity index (χ2v) is 13.3. The molecule has 11 nitrogen and oxygen atoms in total. The topological polar surface area (TPSA) is 129 Å². The Morgan fingerprint density at radius 3 is 2.48 bits per heavy atom. The van der Waals surface area contributed by atoms with Gasteiger partial charge in [0.25, 0.3) is 10.0 Å². The Kier molecular flexibility index (Phi) is 8.32. The molecule has 0 amide bonds. The van der Waals surface area contributed by atoms with Gasteiger partial charge in [0.15, 0.2) is 5.15 Å². The number of carbonyl (C=O) groups excluding carboxylic acids is 2. The van der Waals surface area contributed by atoms with Crippen LogP contribution in [0.5, 0.6) is 5.75 Å². The number of rotatable bonds is 9. The molecule has 4 rings (SSSR count). The minimum atomic E-state index is -4.79. The highest BCUT2D eigenvalue weighted by Crippen LogP contribution is 2.42. The van der Waals surface area contributed by atoms with E-state index in [4.69, 9.17) is 21.2 Å². The maximum absolute atomic E-state index is 14.0. The number of esters is 1. The zero-order valence-corrected chi connectivity index (χ0v) is 25.1. The van der Waals surface area contributed by atoms with E-state index in [0.29, 0.717) is 12.3 Å². The van der Waals surface area contributed by atoms with Crippen molar-refractivity contribution in [2.24, 2.45) is 10.6 Å². The van der Waals surface area contributed by atoms with Crippen molar-refractivity contribution in [1.29, 1.82) is 0 Å². The SMILES string of the molecule is CCn1cc(S(=O)(=O)N2C[C@H](CC(C)(C)C3=NOC(=O)C3)Oc3ccc(CC(=O)OC(C)(C)C(F)(F)F)cc32)c(Cl)n1. The molecule has 230 valence electrons. The Labute approximate surface area is 245 Å². The van der Waals surface area contributed by atoms with Gasteiger partial charge < -0.3 is 14.3 Å². The van der Waals surface area contributed by atoms with Gasteiger partial charge >= 0.3 is 18.1 Å². The van der Waals surface area contributed by atoms with Gasteiger partial charge in [-0.3, -0.25) is 13.8 Å². The van der Waals surface area contributed by atoms with Crippen LogP contribution in [0.3, 0.4) is 0 Å². The molecule has 0 bridgehead atoms. The van der Waals surface area contributed by atoms with Gasteiger partial charge in [-0.15, -0.1) is 0 Å². The predicted molar refractivity (Wildman–Crippen MR) is 145 cm³/mol. The lowest BCUT2D eigenvalue weighted by molar-refractivity contribution is -0.257. The molecule has 0 saturated carbocycles. The fourth-order valence-electron chi connectivity index (χ4n) is 4.54. The van der Waals surface area contributed by atoms with Gasteiger partial charge in [0.2, 0.25) is 5.60 Å². The van der Waals surface area contributed by atoms with Crippen LogP contribution in [0.15, 0.2) is 34.4 Å². The van der Waals surface area contributed by atoms with Gasteiger partial charge in [-0.2, -0.15) is 18.3 Å². The Hall–Kier alpha value is -3.33. The monoisotopic (exact) mass is 634 g/mol. The molecule has 2 aliphatic rings. The minimum Gasteiger partial charge on any atom is -0.486 e. The van der Waals surface area contributed by atoms with Crippen LogP contribution in [0.25, 0.3) is 0 Å². The van der Waals surface area contributed by atoms with Gasteiger partial charge in [-0.1, -0.05) is 36.7 Å². The standard InChI is InChI=1S/C26H30ClF3N4O7S/c1-6-33-14-19(23(27)31-33)42(37,38)34-13-16(12-24(2,3)20-11-22(36)41-32-20)39-18-8-7-15(9-17(18)34)10-21(35)40-25(4,5)26(28,29)30/h7-9,14,16H,6,10-13H2,1-5H3/t16-/m0/s1. The minimum absolute atomic E-state index is 0.00522. The van der Waals surface area contributed by atoms with Gasteiger partial charge in [-0.05, 0) is 44.9 Å². The zero-order valence-electron chi connectivity index (χ0n) is 23.5. The van der Waals surface area contributed by atoms with E-state index in [9.17, 15) is 31.2 Å². The quantitative estimate of drug-likeness (QED) is 0.288. The number of alkyl halides is 3. The number of anilines is 1. The highest BCUT2D eigenvalue weighted by Gasteiger charge is 2.51. The van der Waals surface area contributed by atoms with Crippen molar-refractivity contribution in [1.82, 2.24) is 9.78 Å². The summed E-state index contributed by atoms with van der Waals surface area (Å²) in [6.45, 7) is 7.05. The molecule has 1 atom stereocenters. The summed E-state index contributed by atoms with van der Waals surface area (Å²) in [6, 6.07) is 4.22. The van der Waals surface area contributed by atoms with Crippen molar-refractivity contribution in [2.45, 2.75) is 83.2 Å². The van der Waals surface area contributed by atoms with Crippen molar-refractivity contribution < 1.29 is 45.5 Å². The number of oxime groups is 1. The summed E-state index contributed by atoms with van der Waals surface area (Å²) in [5, 5.41) is 7.64. The number of nitrogens with zero attached hydrogens (tertiary/aromatic N) is 4. The second kappa shape index (κ2) is 11.1. The van der Waals surface area contributed by atoms with E-state index in [2.05, 4.69) is 15.0 Å². The van der Waals surface area contributed by atoms with Crippen LogP contribution in [0.4, 0.5) is 18.9 Å². The number of hydrogen-bond acceptors (Lipinski definition) is 9. The Morgan fingerprint density at radius 2 is 1.90 bits per heavy atom. The zero-order chi connectivity index (χ0) is 31.3. The molecule has 1 aromatic carbocycles. The number of aromatic nitrogens is 2.